The van der Waals surface area contributed by atoms with Crippen molar-refractivity contribution in [1.29, 1.82) is 0 Å². The first kappa shape index (κ1) is 14.2. The van der Waals surface area contributed by atoms with Crippen LogP contribution in [0.5, 0.6) is 0 Å². The summed E-state index contributed by atoms with van der Waals surface area (Å²) in [7, 11) is 0. The van der Waals surface area contributed by atoms with Gasteiger partial charge >= 0.3 is 0 Å². The number of aryl methyl sites for hydroxylation is 1. The topological polar surface area (TPSA) is 26.0 Å². The van der Waals surface area contributed by atoms with Crippen LogP contribution in [0.25, 0.3) is 0 Å². The van der Waals surface area contributed by atoms with Gasteiger partial charge in [0.25, 0.3) is 0 Å². The molecule has 0 aliphatic carbocycles. The van der Waals surface area contributed by atoms with Crippen molar-refractivity contribution in [3.05, 3.63) is 69.9 Å². The predicted molar refractivity (Wildman–Crippen MR) is 80.4 cm³/mol. The van der Waals surface area contributed by atoms with Gasteiger partial charge in [-0.3, -0.25) is 0 Å². The van der Waals surface area contributed by atoms with E-state index in [1.54, 1.807) is 0 Å². The minimum atomic E-state index is -0.211. The molecule has 2 aromatic carbocycles. The number of nitrogens with two attached hydrogens (primary N) is 1. The fourth-order valence-corrected chi connectivity index (χ4v) is 2.65. The van der Waals surface area contributed by atoms with Gasteiger partial charge in [0, 0.05) is 10.5 Å². The average molecular weight is 322 g/mol. The number of benzene rings is 2. The molecule has 0 aliphatic heterocycles. The summed E-state index contributed by atoms with van der Waals surface area (Å²) in [5.41, 5.74) is 8.44. The lowest BCUT2D eigenvalue weighted by atomic mass is 10.00. The van der Waals surface area contributed by atoms with Gasteiger partial charge in [-0.15, -0.1) is 0 Å². The van der Waals surface area contributed by atoms with Crippen LogP contribution >= 0.6 is 15.9 Å². The van der Waals surface area contributed by atoms with Crippen LogP contribution in [0.15, 0.2) is 53.0 Å². The summed E-state index contributed by atoms with van der Waals surface area (Å²) in [5.74, 6) is -0.211. The van der Waals surface area contributed by atoms with E-state index in [9.17, 15) is 4.39 Å². The van der Waals surface area contributed by atoms with E-state index in [4.69, 9.17) is 5.73 Å². The van der Waals surface area contributed by atoms with Crippen molar-refractivity contribution in [2.45, 2.75) is 25.3 Å². The van der Waals surface area contributed by atoms with Crippen LogP contribution in [-0.2, 0) is 6.42 Å². The highest BCUT2D eigenvalue weighted by atomic mass is 79.9. The molecule has 1 nitrogen and oxygen atoms in total. The largest absolute Gasteiger partial charge is 0.324 e. The van der Waals surface area contributed by atoms with E-state index in [1.165, 1.54) is 17.7 Å². The van der Waals surface area contributed by atoms with Crippen LogP contribution in [-0.4, -0.2) is 0 Å². The van der Waals surface area contributed by atoms with Crippen LogP contribution in [0.2, 0.25) is 0 Å². The fraction of sp³-hybridized carbons (Fsp3) is 0.250. The van der Waals surface area contributed by atoms with E-state index in [0.717, 1.165) is 29.3 Å². The molecule has 1 atom stereocenters. The molecule has 0 saturated carbocycles. The lowest BCUT2D eigenvalue weighted by Crippen LogP contribution is -2.10. The second-order valence-corrected chi connectivity index (χ2v) is 5.50. The summed E-state index contributed by atoms with van der Waals surface area (Å²) >= 11 is 3.39. The molecule has 0 aromatic heterocycles. The Morgan fingerprint density at radius 2 is 1.84 bits per heavy atom. The number of rotatable bonds is 5. The Morgan fingerprint density at radius 1 is 1.11 bits per heavy atom. The number of halogens is 2. The lowest BCUT2D eigenvalue weighted by Gasteiger charge is -2.12. The molecule has 0 aliphatic rings. The molecular weight excluding hydrogens is 305 g/mol. The molecule has 1 unspecified atom stereocenters. The second kappa shape index (κ2) is 6.83. The Bertz CT molecular complexity index is 528. The Hall–Kier alpha value is -1.19. The fourth-order valence-electron chi connectivity index (χ4n) is 2.10. The molecule has 19 heavy (non-hydrogen) atoms. The van der Waals surface area contributed by atoms with Crippen LogP contribution in [0.1, 0.15) is 30.0 Å². The van der Waals surface area contributed by atoms with E-state index < -0.39 is 0 Å². The van der Waals surface area contributed by atoms with Gasteiger partial charge in [0.1, 0.15) is 5.82 Å². The maximum absolute atomic E-state index is 13.0. The third-order valence-corrected chi connectivity index (χ3v) is 3.94. The van der Waals surface area contributed by atoms with Crippen LogP contribution in [0.4, 0.5) is 4.39 Å². The molecular formula is C16H17BrFN. The van der Waals surface area contributed by atoms with Gasteiger partial charge in [0.05, 0.1) is 0 Å². The van der Waals surface area contributed by atoms with Crippen molar-refractivity contribution in [2.75, 3.05) is 0 Å². The second-order valence-electron chi connectivity index (χ2n) is 4.65. The quantitative estimate of drug-likeness (QED) is 0.855. The van der Waals surface area contributed by atoms with Gasteiger partial charge < -0.3 is 5.73 Å². The van der Waals surface area contributed by atoms with Crippen LogP contribution in [0.3, 0.4) is 0 Å². The van der Waals surface area contributed by atoms with Crippen molar-refractivity contribution in [1.82, 2.24) is 0 Å². The van der Waals surface area contributed by atoms with Gasteiger partial charge in [-0.25, -0.2) is 4.39 Å². The normalized spacial score (nSPS) is 12.4. The molecule has 0 bridgehead atoms. The Kier molecular flexibility index (Phi) is 5.11. The van der Waals surface area contributed by atoms with Gasteiger partial charge in [-0.2, -0.15) is 0 Å². The first-order chi connectivity index (χ1) is 9.16. The summed E-state index contributed by atoms with van der Waals surface area (Å²) in [6.45, 7) is 0. The zero-order valence-corrected chi connectivity index (χ0v) is 12.2. The third-order valence-electron chi connectivity index (χ3n) is 3.20. The molecule has 3 heteroatoms. The molecule has 100 valence electrons. The Balaban J connectivity index is 1.86. The minimum Gasteiger partial charge on any atom is -0.324 e. The van der Waals surface area contributed by atoms with Crippen molar-refractivity contribution >= 4 is 15.9 Å². The van der Waals surface area contributed by atoms with Gasteiger partial charge in [-0.05, 0) is 42.5 Å². The zero-order chi connectivity index (χ0) is 13.7. The molecule has 0 fully saturated rings. The minimum absolute atomic E-state index is 0.0698. The van der Waals surface area contributed by atoms with Crippen molar-refractivity contribution < 1.29 is 4.39 Å². The number of hydrogen-bond donors (Lipinski definition) is 1. The van der Waals surface area contributed by atoms with Crippen molar-refractivity contribution in [3.8, 4) is 0 Å². The molecule has 2 aromatic rings. The highest BCUT2D eigenvalue weighted by Crippen LogP contribution is 2.22. The molecule has 0 spiro atoms. The van der Waals surface area contributed by atoms with Crippen LogP contribution < -0.4 is 5.73 Å². The molecule has 0 saturated heterocycles. The summed E-state index contributed by atoms with van der Waals surface area (Å²) in [4.78, 5) is 0. The van der Waals surface area contributed by atoms with Gasteiger partial charge in [0.15, 0.2) is 0 Å². The monoisotopic (exact) mass is 321 g/mol. The van der Waals surface area contributed by atoms with E-state index in [0.29, 0.717) is 0 Å². The maximum atomic E-state index is 13.0. The lowest BCUT2D eigenvalue weighted by molar-refractivity contribution is 0.607. The molecule has 0 radical (unpaired) electrons. The average Bonchev–Trinajstić information content (AvgIpc) is 2.42. The molecule has 2 rings (SSSR count). The third kappa shape index (κ3) is 4.15. The van der Waals surface area contributed by atoms with Crippen molar-refractivity contribution in [2.24, 2.45) is 5.73 Å². The first-order valence-corrected chi connectivity index (χ1v) is 7.20. The molecule has 0 amide bonds. The SMILES string of the molecule is NC(CCCc1ccc(F)cc1Br)c1ccccc1. The van der Waals surface area contributed by atoms with E-state index in [2.05, 4.69) is 28.1 Å². The first-order valence-electron chi connectivity index (χ1n) is 6.41. The Morgan fingerprint density at radius 3 is 2.53 bits per heavy atom. The Labute approximate surface area is 121 Å². The summed E-state index contributed by atoms with van der Waals surface area (Å²) in [6, 6.07) is 15.0. The van der Waals surface area contributed by atoms with Gasteiger partial charge in [0.2, 0.25) is 0 Å². The highest BCUT2D eigenvalue weighted by Gasteiger charge is 2.06. The van der Waals surface area contributed by atoms with Gasteiger partial charge in [-0.1, -0.05) is 52.3 Å². The summed E-state index contributed by atoms with van der Waals surface area (Å²) in [5, 5.41) is 0. The number of hydrogen-bond acceptors (Lipinski definition) is 1. The van der Waals surface area contributed by atoms with E-state index in [-0.39, 0.29) is 11.9 Å². The summed E-state index contributed by atoms with van der Waals surface area (Å²) < 4.78 is 13.8. The van der Waals surface area contributed by atoms with Crippen molar-refractivity contribution in [3.63, 3.8) is 0 Å². The van der Waals surface area contributed by atoms with E-state index >= 15 is 0 Å². The smallest absolute Gasteiger partial charge is 0.124 e. The maximum Gasteiger partial charge on any atom is 0.124 e. The summed E-state index contributed by atoms with van der Waals surface area (Å²) in [6.07, 6.45) is 2.82. The molecule has 0 heterocycles. The predicted octanol–water partition coefficient (Wildman–Crippen LogP) is 4.61. The van der Waals surface area contributed by atoms with E-state index in [1.807, 2.05) is 24.3 Å². The highest BCUT2D eigenvalue weighted by molar-refractivity contribution is 9.10. The zero-order valence-electron chi connectivity index (χ0n) is 10.7. The standard InChI is InChI=1S/C16H17BrFN/c17-15-11-14(18)10-9-12(15)7-4-8-16(19)13-5-2-1-3-6-13/h1-3,5-6,9-11,16H,4,7-8,19H2. The molecule has 2 N–H and O–H groups in total. The van der Waals surface area contributed by atoms with Crippen LogP contribution in [0, 0.1) is 5.82 Å².